The first-order chi connectivity index (χ1) is 10.9. The fourth-order valence-electron chi connectivity index (χ4n) is 2.29. The fourth-order valence-corrected chi connectivity index (χ4v) is 3.02. The minimum Gasteiger partial charge on any atom is -0.349 e. The van der Waals surface area contributed by atoms with Gasteiger partial charge in [-0.1, -0.05) is 29.8 Å². The molecule has 1 aromatic carbocycles. The number of benzene rings is 1. The number of aryl methyl sites for hydroxylation is 1. The first-order valence-electron chi connectivity index (χ1n) is 7.36. The molecule has 0 radical (unpaired) electrons. The molecule has 0 aliphatic rings. The van der Waals surface area contributed by atoms with Crippen LogP contribution in [0.2, 0.25) is 0 Å². The fraction of sp³-hybridized carbons (Fsp3) is 0.353. The standard InChI is InChI=1S/C17H21N3O2S/c1-11-6-5-7-13(8-11)14(20(3)4)9-18-16(22)15-10-19-17(23-15)12(2)21/h5-8,10,14H,9H2,1-4H3,(H,18,22). The van der Waals surface area contributed by atoms with Gasteiger partial charge in [0.05, 0.1) is 12.2 Å². The largest absolute Gasteiger partial charge is 0.349 e. The average Bonchev–Trinajstić information content (AvgIpc) is 2.97. The maximum atomic E-state index is 12.2. The van der Waals surface area contributed by atoms with Crippen molar-refractivity contribution < 1.29 is 9.59 Å². The number of amides is 1. The van der Waals surface area contributed by atoms with Gasteiger partial charge in [0.1, 0.15) is 4.88 Å². The molecular weight excluding hydrogens is 310 g/mol. The van der Waals surface area contributed by atoms with E-state index in [0.717, 1.165) is 16.9 Å². The van der Waals surface area contributed by atoms with Crippen LogP contribution in [0.15, 0.2) is 30.5 Å². The van der Waals surface area contributed by atoms with Crippen molar-refractivity contribution in [3.05, 3.63) is 51.5 Å². The highest BCUT2D eigenvalue weighted by Gasteiger charge is 2.18. The van der Waals surface area contributed by atoms with E-state index in [1.807, 2.05) is 20.2 Å². The van der Waals surface area contributed by atoms with Gasteiger partial charge in [0.25, 0.3) is 5.91 Å². The summed E-state index contributed by atoms with van der Waals surface area (Å²) in [6.45, 7) is 3.98. The molecular formula is C17H21N3O2S. The average molecular weight is 331 g/mol. The Kier molecular flexibility index (Phi) is 5.63. The zero-order valence-electron chi connectivity index (χ0n) is 13.8. The number of ketones is 1. The number of Topliss-reactive ketones (excluding diaryl/α,β-unsaturated/α-hetero) is 1. The molecule has 23 heavy (non-hydrogen) atoms. The highest BCUT2D eigenvalue weighted by atomic mass is 32.1. The molecule has 1 aromatic heterocycles. The Bertz CT molecular complexity index is 709. The van der Waals surface area contributed by atoms with Crippen molar-refractivity contribution in [3.63, 3.8) is 0 Å². The molecule has 0 aliphatic carbocycles. The van der Waals surface area contributed by atoms with E-state index < -0.39 is 0 Å². The van der Waals surface area contributed by atoms with Crippen molar-refractivity contribution in [1.82, 2.24) is 15.2 Å². The molecule has 1 atom stereocenters. The summed E-state index contributed by atoms with van der Waals surface area (Å²) in [5.41, 5.74) is 2.35. The van der Waals surface area contributed by atoms with Crippen LogP contribution < -0.4 is 5.32 Å². The van der Waals surface area contributed by atoms with Crippen LogP contribution in [-0.2, 0) is 0 Å². The van der Waals surface area contributed by atoms with Crippen LogP contribution in [0.3, 0.4) is 0 Å². The van der Waals surface area contributed by atoms with Gasteiger partial charge < -0.3 is 10.2 Å². The van der Waals surface area contributed by atoms with Gasteiger partial charge in [0, 0.05) is 13.5 Å². The summed E-state index contributed by atoms with van der Waals surface area (Å²) >= 11 is 1.12. The van der Waals surface area contributed by atoms with Crippen LogP contribution in [0.1, 0.15) is 43.6 Å². The number of aromatic nitrogens is 1. The van der Waals surface area contributed by atoms with Crippen LogP contribution >= 0.6 is 11.3 Å². The molecule has 6 heteroatoms. The smallest absolute Gasteiger partial charge is 0.263 e. The van der Waals surface area contributed by atoms with Gasteiger partial charge in [0.2, 0.25) is 0 Å². The minimum absolute atomic E-state index is 0.0825. The number of likely N-dealkylation sites (N-methyl/N-ethyl adjacent to an activating group) is 1. The molecule has 2 aromatic rings. The van der Waals surface area contributed by atoms with Crippen molar-refractivity contribution in [3.8, 4) is 0 Å². The number of rotatable bonds is 6. The van der Waals surface area contributed by atoms with Gasteiger partial charge in [-0.2, -0.15) is 0 Å². The van der Waals surface area contributed by atoms with E-state index in [4.69, 9.17) is 0 Å². The van der Waals surface area contributed by atoms with Crippen molar-refractivity contribution >= 4 is 23.0 Å². The third-order valence-corrected chi connectivity index (χ3v) is 4.63. The molecule has 5 nitrogen and oxygen atoms in total. The van der Waals surface area contributed by atoms with E-state index in [1.54, 1.807) is 0 Å². The molecule has 2 rings (SSSR count). The Morgan fingerprint density at radius 2 is 2.09 bits per heavy atom. The Labute approximate surface area is 140 Å². The number of carbonyl (C=O) groups excluding carboxylic acids is 2. The SMILES string of the molecule is CC(=O)c1ncc(C(=O)NCC(c2cccc(C)c2)N(C)C)s1. The number of nitrogens with one attached hydrogen (secondary N) is 1. The zero-order chi connectivity index (χ0) is 17.0. The minimum atomic E-state index is -0.200. The number of hydrogen-bond acceptors (Lipinski definition) is 5. The van der Waals surface area contributed by atoms with Crippen LogP contribution in [0.5, 0.6) is 0 Å². The molecule has 1 N–H and O–H groups in total. The Morgan fingerprint density at radius 1 is 1.35 bits per heavy atom. The van der Waals surface area contributed by atoms with Crippen LogP contribution in [0.25, 0.3) is 0 Å². The summed E-state index contributed by atoms with van der Waals surface area (Å²) in [6, 6.07) is 8.33. The number of thiazole rings is 1. The first-order valence-corrected chi connectivity index (χ1v) is 8.18. The monoisotopic (exact) mass is 331 g/mol. The number of hydrogen-bond donors (Lipinski definition) is 1. The normalized spacial score (nSPS) is 12.2. The molecule has 0 saturated heterocycles. The van der Waals surface area contributed by atoms with E-state index in [-0.39, 0.29) is 17.7 Å². The predicted octanol–water partition coefficient (Wildman–Crippen LogP) is 2.69. The third kappa shape index (κ3) is 4.46. The maximum absolute atomic E-state index is 12.2. The molecule has 1 heterocycles. The van der Waals surface area contributed by atoms with Crippen LogP contribution in [0.4, 0.5) is 0 Å². The van der Waals surface area contributed by atoms with E-state index in [1.165, 1.54) is 18.7 Å². The lowest BCUT2D eigenvalue weighted by atomic mass is 10.0. The second-order valence-corrected chi connectivity index (χ2v) is 6.72. The van der Waals surface area contributed by atoms with Crippen LogP contribution in [-0.4, -0.2) is 42.2 Å². The van der Waals surface area contributed by atoms with Gasteiger partial charge in [-0.15, -0.1) is 11.3 Å². The number of nitrogens with zero attached hydrogens (tertiary/aromatic N) is 2. The summed E-state index contributed by atoms with van der Waals surface area (Å²) in [7, 11) is 3.97. The van der Waals surface area contributed by atoms with Gasteiger partial charge in [-0.3, -0.25) is 9.59 Å². The Hall–Kier alpha value is -2.05. The lowest BCUT2D eigenvalue weighted by molar-refractivity contribution is 0.0945. The van der Waals surface area contributed by atoms with E-state index in [9.17, 15) is 9.59 Å². The van der Waals surface area contributed by atoms with Crippen LogP contribution in [0, 0.1) is 6.92 Å². The zero-order valence-corrected chi connectivity index (χ0v) is 14.6. The predicted molar refractivity (Wildman–Crippen MR) is 92.1 cm³/mol. The molecule has 0 aliphatic heterocycles. The molecule has 0 spiro atoms. The summed E-state index contributed by atoms with van der Waals surface area (Å²) < 4.78 is 0. The summed E-state index contributed by atoms with van der Waals surface area (Å²) in [4.78, 5) is 30.0. The van der Waals surface area contributed by atoms with Gasteiger partial charge in [-0.25, -0.2) is 4.98 Å². The van der Waals surface area contributed by atoms with Gasteiger partial charge in [-0.05, 0) is 26.6 Å². The highest BCUT2D eigenvalue weighted by molar-refractivity contribution is 7.15. The van der Waals surface area contributed by atoms with Crippen molar-refractivity contribution in [2.75, 3.05) is 20.6 Å². The van der Waals surface area contributed by atoms with Crippen molar-refractivity contribution in [2.45, 2.75) is 19.9 Å². The topological polar surface area (TPSA) is 62.3 Å². The lowest BCUT2D eigenvalue weighted by Gasteiger charge is -2.25. The summed E-state index contributed by atoms with van der Waals surface area (Å²) in [6.07, 6.45) is 1.45. The molecule has 1 amide bonds. The molecule has 0 bridgehead atoms. The second kappa shape index (κ2) is 7.48. The molecule has 0 saturated carbocycles. The maximum Gasteiger partial charge on any atom is 0.263 e. The lowest BCUT2D eigenvalue weighted by Crippen LogP contribution is -2.34. The molecule has 0 fully saturated rings. The second-order valence-electron chi connectivity index (χ2n) is 5.69. The summed E-state index contributed by atoms with van der Waals surface area (Å²) in [5.74, 6) is -0.325. The quantitative estimate of drug-likeness (QED) is 0.827. The molecule has 122 valence electrons. The van der Waals surface area contributed by atoms with Gasteiger partial charge >= 0.3 is 0 Å². The van der Waals surface area contributed by atoms with E-state index in [0.29, 0.717) is 16.4 Å². The highest BCUT2D eigenvalue weighted by Crippen LogP contribution is 2.19. The number of carbonyl (C=O) groups is 2. The molecule has 1 unspecified atom stereocenters. The van der Waals surface area contributed by atoms with Crippen molar-refractivity contribution in [1.29, 1.82) is 0 Å². The third-order valence-electron chi connectivity index (χ3n) is 3.54. The van der Waals surface area contributed by atoms with Gasteiger partial charge in [0.15, 0.2) is 10.8 Å². The van der Waals surface area contributed by atoms with E-state index >= 15 is 0 Å². The van der Waals surface area contributed by atoms with Crippen molar-refractivity contribution in [2.24, 2.45) is 0 Å². The Balaban J connectivity index is 2.06. The first kappa shape index (κ1) is 17.3. The van der Waals surface area contributed by atoms with E-state index in [2.05, 4.69) is 40.3 Å². The summed E-state index contributed by atoms with van der Waals surface area (Å²) in [5, 5.41) is 3.29. The Morgan fingerprint density at radius 3 is 2.65 bits per heavy atom.